The molecule has 2 aromatic carbocycles. The van der Waals surface area contributed by atoms with Gasteiger partial charge in [0.2, 0.25) is 5.91 Å². The van der Waals surface area contributed by atoms with Gasteiger partial charge in [-0.3, -0.25) is 14.2 Å². The molecule has 2 aromatic heterocycles. The molecular formula is C23H18ClN3O2S2. The fraction of sp³-hybridized carbons (Fsp3) is 0.174. The third-order valence-corrected chi connectivity index (χ3v) is 7.49. The van der Waals surface area contributed by atoms with E-state index in [0.29, 0.717) is 26.1 Å². The highest BCUT2D eigenvalue weighted by Crippen LogP contribution is 2.31. The first-order valence-electron chi connectivity index (χ1n) is 9.87. The Kier molecular flexibility index (Phi) is 5.56. The van der Waals surface area contributed by atoms with Crippen LogP contribution in [0.3, 0.4) is 0 Å². The summed E-state index contributed by atoms with van der Waals surface area (Å²) in [6.45, 7) is 0. The summed E-state index contributed by atoms with van der Waals surface area (Å²) in [7, 11) is 0. The number of aryl methyl sites for hydroxylation is 1. The average molecular weight is 468 g/mol. The zero-order valence-electron chi connectivity index (χ0n) is 16.4. The fourth-order valence-electron chi connectivity index (χ4n) is 3.91. The highest BCUT2D eigenvalue weighted by Gasteiger charge is 2.24. The lowest BCUT2D eigenvalue weighted by Crippen LogP contribution is -2.29. The predicted molar refractivity (Wildman–Crippen MR) is 127 cm³/mol. The molecule has 2 heterocycles. The lowest BCUT2D eigenvalue weighted by atomic mass is 10.1. The molecular weight excluding hydrogens is 450 g/mol. The number of nitrogens with one attached hydrogen (secondary N) is 1. The molecule has 1 amide bonds. The summed E-state index contributed by atoms with van der Waals surface area (Å²) in [6, 6.07) is 17.2. The summed E-state index contributed by atoms with van der Waals surface area (Å²) in [5, 5.41) is 5.87. The Bertz CT molecular complexity index is 1350. The Morgan fingerprint density at radius 2 is 2.00 bits per heavy atom. The number of fused-ring (bicyclic) bond motifs is 2. The first-order valence-corrected chi connectivity index (χ1v) is 12.1. The van der Waals surface area contributed by atoms with Crippen molar-refractivity contribution < 1.29 is 4.79 Å². The minimum Gasteiger partial charge on any atom is -0.349 e. The van der Waals surface area contributed by atoms with Crippen LogP contribution in [-0.4, -0.2) is 21.2 Å². The predicted octanol–water partition coefficient (Wildman–Crippen LogP) is 5.00. The van der Waals surface area contributed by atoms with Crippen LogP contribution >= 0.6 is 34.7 Å². The van der Waals surface area contributed by atoms with E-state index in [1.54, 1.807) is 12.1 Å². The summed E-state index contributed by atoms with van der Waals surface area (Å²) >= 11 is 8.97. The Balaban J connectivity index is 1.42. The van der Waals surface area contributed by atoms with E-state index in [0.717, 1.165) is 12.8 Å². The van der Waals surface area contributed by atoms with Crippen LogP contribution in [-0.2, 0) is 11.2 Å². The molecule has 1 aliphatic rings. The van der Waals surface area contributed by atoms with Crippen molar-refractivity contribution in [3.63, 3.8) is 0 Å². The highest BCUT2D eigenvalue weighted by molar-refractivity contribution is 7.99. The molecule has 0 radical (unpaired) electrons. The van der Waals surface area contributed by atoms with Crippen LogP contribution in [0.25, 0.3) is 15.9 Å². The second-order valence-corrected chi connectivity index (χ2v) is 9.53. The van der Waals surface area contributed by atoms with Gasteiger partial charge >= 0.3 is 0 Å². The van der Waals surface area contributed by atoms with Crippen LogP contribution in [0.5, 0.6) is 0 Å². The Morgan fingerprint density at radius 3 is 2.87 bits per heavy atom. The van der Waals surface area contributed by atoms with Gasteiger partial charge < -0.3 is 5.32 Å². The van der Waals surface area contributed by atoms with E-state index in [9.17, 15) is 9.59 Å². The number of carbonyl (C=O) groups is 1. The van der Waals surface area contributed by atoms with Gasteiger partial charge in [-0.25, -0.2) is 4.98 Å². The molecule has 1 aliphatic carbocycles. The monoisotopic (exact) mass is 467 g/mol. The smallest absolute Gasteiger partial charge is 0.276 e. The van der Waals surface area contributed by atoms with Gasteiger partial charge in [0, 0.05) is 0 Å². The molecule has 0 unspecified atom stereocenters. The number of amides is 1. The van der Waals surface area contributed by atoms with Crippen LogP contribution in [0.1, 0.15) is 23.6 Å². The average Bonchev–Trinajstić information content (AvgIpc) is 3.41. The molecule has 0 saturated carbocycles. The van der Waals surface area contributed by atoms with E-state index >= 15 is 0 Å². The quantitative estimate of drug-likeness (QED) is 0.331. The van der Waals surface area contributed by atoms with E-state index in [4.69, 9.17) is 11.6 Å². The second kappa shape index (κ2) is 8.49. The maximum Gasteiger partial charge on any atom is 0.276 e. The zero-order chi connectivity index (χ0) is 21.4. The number of hydrogen-bond acceptors (Lipinski definition) is 5. The summed E-state index contributed by atoms with van der Waals surface area (Å²) in [4.78, 5) is 30.6. The van der Waals surface area contributed by atoms with E-state index in [2.05, 4.69) is 22.4 Å². The molecule has 1 N–H and O–H groups in total. The van der Waals surface area contributed by atoms with Crippen molar-refractivity contribution in [1.29, 1.82) is 0 Å². The van der Waals surface area contributed by atoms with Crippen molar-refractivity contribution in [1.82, 2.24) is 14.9 Å². The summed E-state index contributed by atoms with van der Waals surface area (Å²) in [5.74, 6) is 0.0719. The SMILES string of the molecule is O=C(CSc1nc2ccsc2c(=O)n1-c1ccccc1Cl)N[C@@H]1CCc2ccccc21. The number of halogens is 1. The Labute approximate surface area is 192 Å². The van der Waals surface area contributed by atoms with Gasteiger partial charge in [0.1, 0.15) is 4.70 Å². The number of benzene rings is 2. The van der Waals surface area contributed by atoms with Crippen molar-refractivity contribution in [2.24, 2.45) is 0 Å². The molecule has 0 saturated heterocycles. The standard InChI is InChI=1S/C23H18ClN3O2S2/c24-16-7-3-4-8-19(16)27-22(29)21-18(11-12-30-21)26-23(27)31-13-20(28)25-17-10-9-14-5-1-2-6-15(14)17/h1-8,11-12,17H,9-10,13H2,(H,25,28)/t17-/m1/s1. The number of hydrogen-bond donors (Lipinski definition) is 1. The highest BCUT2D eigenvalue weighted by atomic mass is 35.5. The number of thioether (sulfide) groups is 1. The van der Waals surface area contributed by atoms with Crippen molar-refractivity contribution >= 4 is 50.8 Å². The van der Waals surface area contributed by atoms with Crippen LogP contribution in [0.2, 0.25) is 5.02 Å². The van der Waals surface area contributed by atoms with Crippen LogP contribution in [0, 0.1) is 0 Å². The number of rotatable bonds is 5. The van der Waals surface area contributed by atoms with Gasteiger partial charge in [0.05, 0.1) is 28.0 Å². The third-order valence-electron chi connectivity index (χ3n) is 5.34. The molecule has 1 atom stereocenters. The van der Waals surface area contributed by atoms with Gasteiger partial charge in [0.15, 0.2) is 5.16 Å². The van der Waals surface area contributed by atoms with E-state index in [1.165, 1.54) is 38.8 Å². The van der Waals surface area contributed by atoms with Gasteiger partial charge in [-0.05, 0) is 47.5 Å². The van der Waals surface area contributed by atoms with E-state index < -0.39 is 0 Å². The summed E-state index contributed by atoms with van der Waals surface area (Å²) in [5.41, 5.74) is 3.49. The molecule has 156 valence electrons. The minimum atomic E-state index is -0.180. The zero-order valence-corrected chi connectivity index (χ0v) is 18.8. The van der Waals surface area contributed by atoms with Crippen molar-refractivity contribution in [3.8, 4) is 5.69 Å². The van der Waals surface area contributed by atoms with Crippen LogP contribution in [0.15, 0.2) is 69.9 Å². The fourth-order valence-corrected chi connectivity index (χ4v) is 5.70. The molecule has 0 bridgehead atoms. The van der Waals surface area contributed by atoms with Gasteiger partial charge in [-0.1, -0.05) is 59.8 Å². The summed E-state index contributed by atoms with van der Waals surface area (Å²) < 4.78 is 2.07. The second-order valence-electron chi connectivity index (χ2n) is 7.27. The van der Waals surface area contributed by atoms with Gasteiger partial charge in [-0.15, -0.1) is 11.3 Å². The normalized spacial score (nSPS) is 15.2. The molecule has 0 aliphatic heterocycles. The van der Waals surface area contributed by atoms with Gasteiger partial charge in [-0.2, -0.15) is 0 Å². The third kappa shape index (κ3) is 3.89. The van der Waals surface area contributed by atoms with Crippen LogP contribution in [0.4, 0.5) is 0 Å². The molecule has 5 nitrogen and oxygen atoms in total. The molecule has 0 spiro atoms. The van der Waals surface area contributed by atoms with E-state index in [1.807, 2.05) is 35.7 Å². The Morgan fingerprint density at radius 1 is 1.19 bits per heavy atom. The van der Waals surface area contributed by atoms with Crippen LogP contribution < -0.4 is 10.9 Å². The summed E-state index contributed by atoms with van der Waals surface area (Å²) in [6.07, 6.45) is 1.87. The first-order chi connectivity index (χ1) is 15.1. The number of nitrogens with zero attached hydrogens (tertiary/aromatic N) is 2. The molecule has 31 heavy (non-hydrogen) atoms. The number of carbonyl (C=O) groups excluding carboxylic acids is 1. The van der Waals surface area contributed by atoms with Crippen molar-refractivity contribution in [3.05, 3.63) is 86.5 Å². The number of para-hydroxylation sites is 1. The van der Waals surface area contributed by atoms with Crippen molar-refractivity contribution in [2.45, 2.75) is 24.0 Å². The molecule has 5 rings (SSSR count). The maximum atomic E-state index is 13.2. The lowest BCUT2D eigenvalue weighted by Gasteiger charge is -2.15. The minimum absolute atomic E-state index is 0.0300. The number of aromatic nitrogens is 2. The van der Waals surface area contributed by atoms with Crippen molar-refractivity contribution in [2.75, 3.05) is 5.75 Å². The topological polar surface area (TPSA) is 64.0 Å². The maximum absolute atomic E-state index is 13.2. The molecule has 4 aromatic rings. The van der Waals surface area contributed by atoms with Gasteiger partial charge in [0.25, 0.3) is 5.56 Å². The largest absolute Gasteiger partial charge is 0.349 e. The van der Waals surface area contributed by atoms with E-state index in [-0.39, 0.29) is 23.3 Å². The lowest BCUT2D eigenvalue weighted by molar-refractivity contribution is -0.119. The Hall–Kier alpha value is -2.61. The molecule has 0 fully saturated rings. The first kappa shape index (κ1) is 20.3. The number of thiophene rings is 1. The molecule has 8 heteroatoms.